The first-order valence-corrected chi connectivity index (χ1v) is 12.7. The van der Waals surface area contributed by atoms with Crippen LogP contribution in [-0.4, -0.2) is 45.9 Å². The summed E-state index contributed by atoms with van der Waals surface area (Å²) in [6.07, 6.45) is 10.5. The molecule has 1 heterocycles. The summed E-state index contributed by atoms with van der Waals surface area (Å²) in [6.45, 7) is 6.32. The highest BCUT2D eigenvalue weighted by molar-refractivity contribution is 6.01. The predicted octanol–water partition coefficient (Wildman–Crippen LogP) is 3.68. The summed E-state index contributed by atoms with van der Waals surface area (Å²) >= 11 is 0. The third-order valence-electron chi connectivity index (χ3n) is 10.1. The van der Waals surface area contributed by atoms with Gasteiger partial charge in [-0.05, 0) is 93.0 Å². The van der Waals surface area contributed by atoms with Gasteiger partial charge in [-0.2, -0.15) is 0 Å². The molecule has 0 spiro atoms. The molecule has 8 nitrogen and oxygen atoms in total. The molecule has 5 aliphatic rings. The molecule has 0 aromatic rings. The molecule has 0 radical (unpaired) electrons. The van der Waals surface area contributed by atoms with E-state index in [2.05, 4.69) is 25.1 Å². The maximum absolute atomic E-state index is 11.9. The van der Waals surface area contributed by atoms with Crippen molar-refractivity contribution in [2.24, 2.45) is 33.7 Å². The van der Waals surface area contributed by atoms with Crippen molar-refractivity contribution < 1.29 is 29.2 Å². The minimum absolute atomic E-state index is 0.0276. The summed E-state index contributed by atoms with van der Waals surface area (Å²) in [6, 6.07) is 0. The van der Waals surface area contributed by atoms with Crippen molar-refractivity contribution in [3.05, 3.63) is 11.6 Å². The highest BCUT2D eigenvalue weighted by Gasteiger charge is 2.62. The molecule has 8 heteroatoms. The van der Waals surface area contributed by atoms with Crippen molar-refractivity contribution in [2.75, 3.05) is 6.61 Å². The van der Waals surface area contributed by atoms with Crippen LogP contribution >= 0.6 is 0 Å². The summed E-state index contributed by atoms with van der Waals surface area (Å²) in [7, 11) is 0. The number of rotatable bonds is 4. The highest BCUT2D eigenvalue weighted by Crippen LogP contribution is 2.67. The average molecular weight is 473 g/mol. The van der Waals surface area contributed by atoms with E-state index < -0.39 is 30.0 Å². The molecule has 0 unspecified atom stereocenters. The highest BCUT2D eigenvalue weighted by atomic mass is 16.7. The summed E-state index contributed by atoms with van der Waals surface area (Å²) in [5.41, 5.74) is 1.86. The van der Waals surface area contributed by atoms with Crippen molar-refractivity contribution in [1.82, 2.24) is 5.06 Å². The molecule has 4 aliphatic carbocycles. The molecule has 6 atom stereocenters. The fourth-order valence-electron chi connectivity index (χ4n) is 7.84. The maximum Gasteiger partial charge on any atom is 0.373 e. The van der Waals surface area contributed by atoms with E-state index >= 15 is 0 Å². The van der Waals surface area contributed by atoms with Crippen molar-refractivity contribution in [3.8, 4) is 0 Å². The van der Waals surface area contributed by atoms with E-state index in [0.29, 0.717) is 22.8 Å². The van der Waals surface area contributed by atoms with Crippen LogP contribution in [0.4, 0.5) is 0 Å². The van der Waals surface area contributed by atoms with E-state index in [-0.39, 0.29) is 23.7 Å². The predicted molar refractivity (Wildman–Crippen MR) is 123 cm³/mol. The lowest BCUT2D eigenvalue weighted by Crippen LogP contribution is -2.53. The molecule has 5 rings (SSSR count). The van der Waals surface area contributed by atoms with Gasteiger partial charge in [0.1, 0.15) is 0 Å². The second-order valence-corrected chi connectivity index (χ2v) is 11.7. The second kappa shape index (κ2) is 8.18. The number of allylic oxidation sites excluding steroid dienone is 2. The number of carbonyl (C=O) groups excluding carboxylic acids is 3. The fraction of sp³-hybridized carbons (Fsp3) is 0.769. The standard InChI is InChI=1S/C26H36N2O6/c1-24-11-8-17(27-33-15-23(31)34-28-21(29)6-7-22(28)30)14-16(24)4-5-18-19(24)9-12-25(2)20(18)10-13-26(25,3)32/h14,18-20,32H,4-13,15H2,1-3H3/b27-17-/t18-,19+,20+,24+,25+,26+/m1/s1. The first-order valence-electron chi connectivity index (χ1n) is 12.7. The number of nitrogens with zero attached hydrogens (tertiary/aromatic N) is 2. The lowest BCUT2D eigenvalue weighted by Gasteiger charge is -2.59. The van der Waals surface area contributed by atoms with Gasteiger partial charge < -0.3 is 14.8 Å². The number of hydrogen-bond donors (Lipinski definition) is 1. The van der Waals surface area contributed by atoms with Crippen LogP contribution in [0.2, 0.25) is 0 Å². The molecule has 2 amide bonds. The van der Waals surface area contributed by atoms with E-state index in [1.807, 2.05) is 6.92 Å². The topological polar surface area (TPSA) is 106 Å². The van der Waals surface area contributed by atoms with Gasteiger partial charge in [-0.15, -0.1) is 5.06 Å². The SMILES string of the molecule is C[C@]12CC/C(=N/OCC(=O)ON3C(=O)CCC3=O)C=C1CC[C@@H]1[C@@H]2CC[C@@]2(C)[C@H]1CC[C@]2(C)O. The molecule has 0 bridgehead atoms. The van der Waals surface area contributed by atoms with Gasteiger partial charge >= 0.3 is 5.97 Å². The Hall–Kier alpha value is -2.22. The van der Waals surface area contributed by atoms with Crippen molar-refractivity contribution in [2.45, 2.75) is 90.6 Å². The van der Waals surface area contributed by atoms with Crippen LogP contribution in [0.15, 0.2) is 16.8 Å². The third-order valence-corrected chi connectivity index (χ3v) is 10.1. The van der Waals surface area contributed by atoms with Crippen molar-refractivity contribution >= 4 is 23.5 Å². The van der Waals surface area contributed by atoms with Crippen LogP contribution in [-0.2, 0) is 24.1 Å². The van der Waals surface area contributed by atoms with Crippen LogP contribution in [0, 0.1) is 28.6 Å². The van der Waals surface area contributed by atoms with Gasteiger partial charge in [0, 0.05) is 12.8 Å². The maximum atomic E-state index is 11.9. The van der Waals surface area contributed by atoms with Gasteiger partial charge in [0.05, 0.1) is 11.3 Å². The first-order chi connectivity index (χ1) is 16.0. The van der Waals surface area contributed by atoms with Crippen LogP contribution in [0.5, 0.6) is 0 Å². The lowest BCUT2D eigenvalue weighted by molar-refractivity contribution is -0.200. The number of fused-ring (bicyclic) bond motifs is 5. The Labute approximate surface area is 200 Å². The van der Waals surface area contributed by atoms with Crippen molar-refractivity contribution in [1.29, 1.82) is 0 Å². The van der Waals surface area contributed by atoms with E-state index in [0.717, 1.165) is 57.1 Å². The molecule has 186 valence electrons. The normalized spacial score (nSPS) is 42.7. The first kappa shape index (κ1) is 23.5. The molecule has 3 saturated carbocycles. The number of hydroxylamine groups is 2. The van der Waals surface area contributed by atoms with E-state index in [1.165, 1.54) is 5.57 Å². The summed E-state index contributed by atoms with van der Waals surface area (Å²) < 4.78 is 0. The molecule has 1 saturated heterocycles. The Bertz CT molecular complexity index is 954. The quantitative estimate of drug-likeness (QED) is 0.494. The number of amides is 2. The largest absolute Gasteiger partial charge is 0.390 e. The fourth-order valence-corrected chi connectivity index (χ4v) is 7.84. The van der Waals surface area contributed by atoms with Gasteiger partial charge in [0.15, 0.2) is 0 Å². The summed E-state index contributed by atoms with van der Waals surface area (Å²) in [5.74, 6) is 0.0438. The van der Waals surface area contributed by atoms with Crippen LogP contribution < -0.4 is 0 Å². The molecule has 34 heavy (non-hydrogen) atoms. The number of hydrogen-bond acceptors (Lipinski definition) is 7. The number of oxime groups is 1. The van der Waals surface area contributed by atoms with Gasteiger partial charge in [-0.1, -0.05) is 24.6 Å². The van der Waals surface area contributed by atoms with E-state index in [4.69, 9.17) is 9.68 Å². The zero-order chi connectivity index (χ0) is 24.3. The minimum atomic E-state index is -0.820. The van der Waals surface area contributed by atoms with E-state index in [1.54, 1.807) is 0 Å². The molecule has 1 aliphatic heterocycles. The molecule has 0 aromatic carbocycles. The Balaban J connectivity index is 1.22. The molecular formula is C26H36N2O6. The van der Waals surface area contributed by atoms with Crippen LogP contribution in [0.3, 0.4) is 0 Å². The molecule has 4 fully saturated rings. The molecular weight excluding hydrogens is 436 g/mol. The Morgan fingerprint density at radius 2 is 1.74 bits per heavy atom. The summed E-state index contributed by atoms with van der Waals surface area (Å²) in [5, 5.41) is 15.8. The zero-order valence-corrected chi connectivity index (χ0v) is 20.5. The van der Waals surface area contributed by atoms with Gasteiger partial charge in [0.2, 0.25) is 6.61 Å². The second-order valence-electron chi connectivity index (χ2n) is 11.7. The monoisotopic (exact) mass is 472 g/mol. The zero-order valence-electron chi connectivity index (χ0n) is 20.5. The third kappa shape index (κ3) is 3.60. The smallest absolute Gasteiger partial charge is 0.373 e. The Kier molecular flexibility index (Phi) is 5.66. The number of aliphatic hydroxyl groups is 1. The average Bonchev–Trinajstić information content (AvgIpc) is 3.23. The van der Waals surface area contributed by atoms with E-state index in [9.17, 15) is 19.5 Å². The Morgan fingerprint density at radius 1 is 1.03 bits per heavy atom. The Morgan fingerprint density at radius 3 is 2.47 bits per heavy atom. The molecule has 1 N–H and O–H groups in total. The molecule has 0 aromatic heterocycles. The van der Waals surface area contributed by atoms with Crippen molar-refractivity contribution in [3.63, 3.8) is 0 Å². The number of carbonyl (C=O) groups is 3. The van der Waals surface area contributed by atoms with Crippen LogP contribution in [0.1, 0.15) is 85.0 Å². The van der Waals surface area contributed by atoms with Gasteiger partial charge in [0.25, 0.3) is 11.8 Å². The number of imide groups is 1. The van der Waals surface area contributed by atoms with Gasteiger partial charge in [-0.3, -0.25) is 9.59 Å². The lowest BCUT2D eigenvalue weighted by atomic mass is 9.46. The minimum Gasteiger partial charge on any atom is -0.390 e. The van der Waals surface area contributed by atoms with Crippen LogP contribution in [0.25, 0.3) is 0 Å². The van der Waals surface area contributed by atoms with Gasteiger partial charge in [-0.25, -0.2) is 4.79 Å². The summed E-state index contributed by atoms with van der Waals surface area (Å²) in [4.78, 5) is 45.1.